The van der Waals surface area contributed by atoms with Crippen LogP contribution in [-0.2, 0) is 14.3 Å². The largest absolute Gasteiger partial charge is 0.493 e. The van der Waals surface area contributed by atoms with Gasteiger partial charge in [0.15, 0.2) is 11.5 Å². The van der Waals surface area contributed by atoms with E-state index < -0.39 is 5.91 Å². The predicted molar refractivity (Wildman–Crippen MR) is 87.4 cm³/mol. The summed E-state index contributed by atoms with van der Waals surface area (Å²) in [6.45, 7) is 2.35. The van der Waals surface area contributed by atoms with Gasteiger partial charge in [0, 0.05) is 20.1 Å². The minimum Gasteiger partial charge on any atom is -0.493 e. The Morgan fingerprint density at radius 2 is 2.04 bits per heavy atom. The molecule has 7 heteroatoms. The summed E-state index contributed by atoms with van der Waals surface area (Å²) in [5.41, 5.74) is 0.521. The molecule has 0 aliphatic carbocycles. The molecule has 0 unspecified atom stereocenters. The monoisotopic (exact) mass is 332 g/mol. The summed E-state index contributed by atoms with van der Waals surface area (Å²) in [6, 6.07) is 6.61. The molecule has 1 N–H and O–H groups in total. The second-order valence-corrected chi connectivity index (χ2v) is 4.66. The molecule has 7 nitrogen and oxygen atoms in total. The van der Waals surface area contributed by atoms with E-state index in [0.29, 0.717) is 24.5 Å². The third kappa shape index (κ3) is 5.74. The molecule has 1 aromatic carbocycles. The van der Waals surface area contributed by atoms with Crippen molar-refractivity contribution in [1.82, 2.24) is 5.32 Å². The molecule has 24 heavy (non-hydrogen) atoms. The molecule has 0 aliphatic rings. The average molecular weight is 332 g/mol. The van der Waals surface area contributed by atoms with Crippen molar-refractivity contribution in [2.24, 2.45) is 0 Å². The fourth-order valence-electron chi connectivity index (χ4n) is 1.73. The van der Waals surface area contributed by atoms with Crippen LogP contribution in [0.1, 0.15) is 18.9 Å². The van der Waals surface area contributed by atoms with Crippen LogP contribution in [0.2, 0.25) is 0 Å². The second kappa shape index (κ2) is 10.0. The molecule has 0 bridgehead atoms. The van der Waals surface area contributed by atoms with Crippen LogP contribution >= 0.6 is 0 Å². The topological polar surface area (TPSA) is 97.7 Å². The Morgan fingerprint density at radius 1 is 1.29 bits per heavy atom. The van der Waals surface area contributed by atoms with E-state index in [-0.39, 0.29) is 23.7 Å². The van der Waals surface area contributed by atoms with Gasteiger partial charge in [-0.3, -0.25) is 9.59 Å². The third-order valence-electron chi connectivity index (χ3n) is 2.97. The Bertz CT molecular complexity index is 661. The number of nitrogens with one attached hydrogen (secondary N) is 1. The van der Waals surface area contributed by atoms with Gasteiger partial charge in [0.05, 0.1) is 13.7 Å². The molecule has 1 rings (SSSR count). The van der Waals surface area contributed by atoms with Crippen molar-refractivity contribution in [3.8, 4) is 17.6 Å². The first kappa shape index (κ1) is 19.2. The minimum atomic E-state index is -0.491. The van der Waals surface area contributed by atoms with E-state index in [1.165, 1.54) is 20.3 Å². The second-order valence-electron chi connectivity index (χ2n) is 4.66. The number of nitriles is 1. The lowest BCUT2D eigenvalue weighted by Gasteiger charge is -2.09. The van der Waals surface area contributed by atoms with Crippen LogP contribution in [0.25, 0.3) is 6.08 Å². The molecule has 0 fully saturated rings. The number of carbonyl (C=O) groups excluding carboxylic acids is 2. The summed E-state index contributed by atoms with van der Waals surface area (Å²) in [5.74, 6) is -0.256. The summed E-state index contributed by atoms with van der Waals surface area (Å²) < 4.78 is 15.2. The highest BCUT2D eigenvalue weighted by atomic mass is 16.6. The minimum absolute atomic E-state index is 0.0496. The molecule has 128 valence electrons. The molecule has 0 spiro atoms. The van der Waals surface area contributed by atoms with Gasteiger partial charge in [-0.15, -0.1) is 0 Å². The number of rotatable bonds is 8. The van der Waals surface area contributed by atoms with E-state index in [9.17, 15) is 9.59 Å². The Labute approximate surface area is 140 Å². The Hall–Kier alpha value is -2.85. The average Bonchev–Trinajstić information content (AvgIpc) is 2.60. The van der Waals surface area contributed by atoms with Gasteiger partial charge in [0.2, 0.25) is 0 Å². The standard InChI is InChI=1S/C17H20N2O5/c1-4-16(20)24-14-6-5-12(10-15(14)23-3)9-13(11-18)17(21)19-7-8-22-2/h5-6,9-10H,4,7-8H2,1-3H3,(H,19,21)/b13-9+. The van der Waals surface area contributed by atoms with Crippen molar-refractivity contribution in [3.05, 3.63) is 29.3 Å². The zero-order valence-corrected chi connectivity index (χ0v) is 13.9. The predicted octanol–water partition coefficient (Wildman–Crippen LogP) is 1.68. The molecule has 1 aromatic rings. The molecule has 0 heterocycles. The van der Waals surface area contributed by atoms with Crippen molar-refractivity contribution in [3.63, 3.8) is 0 Å². The Kier molecular flexibility index (Phi) is 8.02. The highest BCUT2D eigenvalue weighted by Gasteiger charge is 2.11. The van der Waals surface area contributed by atoms with Gasteiger partial charge in [-0.25, -0.2) is 0 Å². The zero-order valence-electron chi connectivity index (χ0n) is 13.9. The summed E-state index contributed by atoms with van der Waals surface area (Å²) in [6.07, 6.45) is 1.67. The van der Waals surface area contributed by atoms with Gasteiger partial charge in [-0.1, -0.05) is 13.0 Å². The fourth-order valence-corrected chi connectivity index (χ4v) is 1.73. The third-order valence-corrected chi connectivity index (χ3v) is 2.97. The Balaban J connectivity index is 2.97. The summed E-state index contributed by atoms with van der Waals surface area (Å²) in [4.78, 5) is 23.3. The van der Waals surface area contributed by atoms with Crippen LogP contribution in [0.5, 0.6) is 11.5 Å². The molecular weight excluding hydrogens is 312 g/mol. The first-order valence-corrected chi connectivity index (χ1v) is 7.33. The number of nitrogens with zero attached hydrogens (tertiary/aromatic N) is 1. The van der Waals surface area contributed by atoms with Gasteiger partial charge in [0.25, 0.3) is 5.91 Å². The highest BCUT2D eigenvalue weighted by Crippen LogP contribution is 2.29. The van der Waals surface area contributed by atoms with Gasteiger partial charge >= 0.3 is 5.97 Å². The van der Waals surface area contributed by atoms with E-state index in [0.717, 1.165) is 0 Å². The number of hydrogen-bond donors (Lipinski definition) is 1. The van der Waals surface area contributed by atoms with E-state index in [4.69, 9.17) is 19.5 Å². The zero-order chi connectivity index (χ0) is 17.9. The molecule has 0 radical (unpaired) electrons. The number of benzene rings is 1. The van der Waals surface area contributed by atoms with Crippen LogP contribution < -0.4 is 14.8 Å². The highest BCUT2D eigenvalue weighted by molar-refractivity contribution is 6.01. The van der Waals surface area contributed by atoms with Crippen LogP contribution in [0.3, 0.4) is 0 Å². The molecule has 0 aliphatic heterocycles. The molecule has 0 saturated carbocycles. The molecular formula is C17H20N2O5. The number of hydrogen-bond acceptors (Lipinski definition) is 6. The van der Waals surface area contributed by atoms with Crippen LogP contribution in [0, 0.1) is 11.3 Å². The van der Waals surface area contributed by atoms with E-state index in [1.54, 1.807) is 25.1 Å². The van der Waals surface area contributed by atoms with Crippen molar-refractivity contribution in [1.29, 1.82) is 5.26 Å². The maximum atomic E-state index is 11.9. The summed E-state index contributed by atoms with van der Waals surface area (Å²) in [7, 11) is 2.96. The smallest absolute Gasteiger partial charge is 0.311 e. The SMILES string of the molecule is CCC(=O)Oc1ccc(/C=C(\C#N)C(=O)NCCOC)cc1OC. The number of carbonyl (C=O) groups is 2. The van der Waals surface area contributed by atoms with Crippen LogP contribution in [0.4, 0.5) is 0 Å². The van der Waals surface area contributed by atoms with Gasteiger partial charge in [0.1, 0.15) is 11.6 Å². The number of amides is 1. The maximum Gasteiger partial charge on any atom is 0.311 e. The van der Waals surface area contributed by atoms with Crippen molar-refractivity contribution in [2.45, 2.75) is 13.3 Å². The molecule has 0 atom stereocenters. The fraction of sp³-hybridized carbons (Fsp3) is 0.353. The van der Waals surface area contributed by atoms with Gasteiger partial charge < -0.3 is 19.5 Å². The van der Waals surface area contributed by atoms with E-state index in [2.05, 4.69) is 5.32 Å². The molecule has 0 aromatic heterocycles. The normalized spacial score (nSPS) is 10.7. The van der Waals surface area contributed by atoms with Crippen molar-refractivity contribution >= 4 is 18.0 Å². The Morgan fingerprint density at radius 3 is 2.62 bits per heavy atom. The number of ether oxygens (including phenoxy) is 3. The lowest BCUT2D eigenvalue weighted by Crippen LogP contribution is -2.27. The van der Waals surface area contributed by atoms with E-state index >= 15 is 0 Å². The number of methoxy groups -OCH3 is 2. The summed E-state index contributed by atoms with van der Waals surface area (Å²) >= 11 is 0. The van der Waals surface area contributed by atoms with Gasteiger partial charge in [-0.05, 0) is 23.8 Å². The van der Waals surface area contributed by atoms with Crippen LogP contribution in [-0.4, -0.2) is 39.2 Å². The lowest BCUT2D eigenvalue weighted by atomic mass is 10.1. The van der Waals surface area contributed by atoms with E-state index in [1.807, 2.05) is 6.07 Å². The summed E-state index contributed by atoms with van der Waals surface area (Å²) in [5, 5.41) is 11.7. The molecule has 1 amide bonds. The maximum absolute atomic E-state index is 11.9. The first-order valence-electron chi connectivity index (χ1n) is 7.33. The van der Waals surface area contributed by atoms with Gasteiger partial charge in [-0.2, -0.15) is 5.26 Å². The van der Waals surface area contributed by atoms with Crippen molar-refractivity contribution < 1.29 is 23.8 Å². The number of esters is 1. The molecule has 0 saturated heterocycles. The van der Waals surface area contributed by atoms with Crippen LogP contribution in [0.15, 0.2) is 23.8 Å². The lowest BCUT2D eigenvalue weighted by molar-refractivity contribution is -0.134. The van der Waals surface area contributed by atoms with Crippen molar-refractivity contribution in [2.75, 3.05) is 27.4 Å². The quantitative estimate of drug-likeness (QED) is 0.256. The first-order chi connectivity index (χ1) is 11.5.